The van der Waals surface area contributed by atoms with Crippen molar-refractivity contribution in [1.29, 1.82) is 0 Å². The van der Waals surface area contributed by atoms with Gasteiger partial charge < -0.3 is 19.9 Å². The van der Waals surface area contributed by atoms with Crippen LogP contribution in [0, 0.1) is 13.8 Å². The Labute approximate surface area is 124 Å². The maximum atomic E-state index is 6.06. The number of fused-ring (bicyclic) bond motifs is 1. The van der Waals surface area contributed by atoms with E-state index in [0.29, 0.717) is 31.3 Å². The molecule has 0 fully saturated rings. The minimum atomic E-state index is 0.409. The molecule has 21 heavy (non-hydrogen) atoms. The lowest BCUT2D eigenvalue weighted by Gasteiger charge is -2.20. The van der Waals surface area contributed by atoms with Crippen LogP contribution in [0.1, 0.15) is 16.7 Å². The molecular formula is C17H19NO3. The Morgan fingerprint density at radius 2 is 1.76 bits per heavy atom. The van der Waals surface area contributed by atoms with Crippen molar-refractivity contribution in [3.05, 3.63) is 47.0 Å². The van der Waals surface area contributed by atoms with Gasteiger partial charge in [-0.05, 0) is 31.5 Å². The molecule has 1 aliphatic heterocycles. The topological polar surface area (TPSA) is 53.7 Å². The van der Waals surface area contributed by atoms with Crippen LogP contribution in [-0.4, -0.2) is 13.2 Å². The smallest absolute Gasteiger partial charge is 0.163 e. The molecule has 2 aromatic rings. The molecule has 0 spiro atoms. The van der Waals surface area contributed by atoms with Crippen molar-refractivity contribution in [3.8, 4) is 17.2 Å². The number of anilines is 1. The van der Waals surface area contributed by atoms with Gasteiger partial charge in [-0.3, -0.25) is 0 Å². The molecule has 0 aliphatic carbocycles. The monoisotopic (exact) mass is 285 g/mol. The zero-order valence-electron chi connectivity index (χ0n) is 12.3. The van der Waals surface area contributed by atoms with Gasteiger partial charge in [0.05, 0.1) is 0 Å². The fourth-order valence-electron chi connectivity index (χ4n) is 2.39. The Morgan fingerprint density at radius 1 is 1.05 bits per heavy atom. The summed E-state index contributed by atoms with van der Waals surface area (Å²) in [5.74, 6) is 2.30. The van der Waals surface area contributed by atoms with E-state index in [2.05, 4.69) is 13.0 Å². The number of hydrogen-bond acceptors (Lipinski definition) is 4. The number of nitrogens with two attached hydrogens (primary N) is 1. The van der Waals surface area contributed by atoms with Gasteiger partial charge in [0.2, 0.25) is 0 Å². The van der Waals surface area contributed by atoms with Crippen LogP contribution in [0.2, 0.25) is 0 Å². The molecule has 0 unspecified atom stereocenters. The Kier molecular flexibility index (Phi) is 3.60. The van der Waals surface area contributed by atoms with Gasteiger partial charge >= 0.3 is 0 Å². The number of ether oxygens (including phenoxy) is 3. The largest absolute Gasteiger partial charge is 0.489 e. The molecular weight excluding hydrogens is 266 g/mol. The van der Waals surface area contributed by atoms with E-state index in [4.69, 9.17) is 19.9 Å². The quantitative estimate of drug-likeness (QED) is 0.880. The van der Waals surface area contributed by atoms with Gasteiger partial charge in [-0.1, -0.05) is 17.7 Å². The van der Waals surface area contributed by atoms with Gasteiger partial charge in [-0.2, -0.15) is 0 Å². The standard InChI is InChI=1S/C17H19NO3/c1-11-3-4-15(12(2)7-11)21-10-13-8-16-17(9-14(13)18)20-6-5-19-16/h3-4,7-9H,5-6,10,18H2,1-2H3. The van der Waals surface area contributed by atoms with Crippen molar-refractivity contribution in [2.24, 2.45) is 0 Å². The van der Waals surface area contributed by atoms with E-state index in [1.54, 1.807) is 6.07 Å². The second kappa shape index (κ2) is 5.56. The van der Waals surface area contributed by atoms with Crippen LogP contribution < -0.4 is 19.9 Å². The third-order valence-electron chi connectivity index (χ3n) is 3.52. The molecule has 0 amide bonds. The summed E-state index contributed by atoms with van der Waals surface area (Å²) in [7, 11) is 0. The highest BCUT2D eigenvalue weighted by Crippen LogP contribution is 2.35. The average molecular weight is 285 g/mol. The predicted octanol–water partition coefficient (Wildman–Crippen LogP) is 3.24. The van der Waals surface area contributed by atoms with E-state index in [1.165, 1.54) is 5.56 Å². The first kappa shape index (κ1) is 13.6. The Morgan fingerprint density at radius 3 is 2.48 bits per heavy atom. The highest BCUT2D eigenvalue weighted by molar-refractivity contribution is 5.58. The van der Waals surface area contributed by atoms with E-state index in [1.807, 2.05) is 25.1 Å². The molecule has 1 heterocycles. The van der Waals surface area contributed by atoms with E-state index < -0.39 is 0 Å². The van der Waals surface area contributed by atoms with E-state index in [9.17, 15) is 0 Å². The average Bonchev–Trinajstić information content (AvgIpc) is 2.46. The van der Waals surface area contributed by atoms with E-state index in [0.717, 1.165) is 22.6 Å². The number of aryl methyl sites for hydroxylation is 2. The van der Waals surface area contributed by atoms with Gasteiger partial charge in [-0.25, -0.2) is 0 Å². The Hall–Kier alpha value is -2.36. The minimum Gasteiger partial charge on any atom is -0.489 e. The van der Waals surface area contributed by atoms with E-state index >= 15 is 0 Å². The van der Waals surface area contributed by atoms with Crippen LogP contribution in [-0.2, 0) is 6.61 Å². The highest BCUT2D eigenvalue weighted by Gasteiger charge is 2.15. The first-order valence-electron chi connectivity index (χ1n) is 7.01. The van der Waals surface area contributed by atoms with Crippen LogP contribution in [0.25, 0.3) is 0 Å². The third kappa shape index (κ3) is 2.89. The predicted molar refractivity (Wildman–Crippen MR) is 82.1 cm³/mol. The lowest BCUT2D eigenvalue weighted by molar-refractivity contribution is 0.171. The minimum absolute atomic E-state index is 0.409. The van der Waals surface area contributed by atoms with Crippen molar-refractivity contribution in [1.82, 2.24) is 0 Å². The van der Waals surface area contributed by atoms with Gasteiger partial charge in [0.25, 0.3) is 0 Å². The summed E-state index contributed by atoms with van der Waals surface area (Å²) in [6.07, 6.45) is 0. The lowest BCUT2D eigenvalue weighted by Crippen LogP contribution is -2.16. The summed E-state index contributed by atoms with van der Waals surface area (Å²) in [4.78, 5) is 0. The molecule has 2 N–H and O–H groups in total. The second-order valence-electron chi connectivity index (χ2n) is 5.25. The SMILES string of the molecule is Cc1ccc(OCc2cc3c(cc2N)OCCO3)c(C)c1. The van der Waals surface area contributed by atoms with Gasteiger partial charge in [0.1, 0.15) is 25.6 Å². The summed E-state index contributed by atoms with van der Waals surface area (Å²) >= 11 is 0. The molecule has 0 saturated carbocycles. The second-order valence-corrected chi connectivity index (χ2v) is 5.25. The van der Waals surface area contributed by atoms with Gasteiger partial charge in [-0.15, -0.1) is 0 Å². The Bertz CT molecular complexity index is 667. The van der Waals surface area contributed by atoms with Crippen LogP contribution in [0.4, 0.5) is 5.69 Å². The first-order valence-corrected chi connectivity index (χ1v) is 7.01. The molecule has 0 bridgehead atoms. The molecule has 0 saturated heterocycles. The maximum Gasteiger partial charge on any atom is 0.163 e. The highest BCUT2D eigenvalue weighted by atomic mass is 16.6. The fourth-order valence-corrected chi connectivity index (χ4v) is 2.39. The number of hydrogen-bond donors (Lipinski definition) is 1. The van der Waals surface area contributed by atoms with Crippen LogP contribution in [0.3, 0.4) is 0 Å². The molecule has 1 aliphatic rings. The van der Waals surface area contributed by atoms with Gasteiger partial charge in [0.15, 0.2) is 11.5 Å². The maximum absolute atomic E-state index is 6.06. The number of benzene rings is 2. The summed E-state index contributed by atoms with van der Waals surface area (Å²) in [5, 5.41) is 0. The lowest BCUT2D eigenvalue weighted by atomic mass is 10.1. The van der Waals surface area contributed by atoms with Crippen molar-refractivity contribution in [3.63, 3.8) is 0 Å². The number of rotatable bonds is 3. The molecule has 0 atom stereocenters. The van der Waals surface area contributed by atoms with E-state index in [-0.39, 0.29) is 0 Å². The number of nitrogen functional groups attached to an aromatic ring is 1. The molecule has 4 nitrogen and oxygen atoms in total. The van der Waals surface area contributed by atoms with Crippen LogP contribution in [0.5, 0.6) is 17.2 Å². The molecule has 0 aromatic heterocycles. The van der Waals surface area contributed by atoms with Crippen molar-refractivity contribution < 1.29 is 14.2 Å². The molecule has 110 valence electrons. The molecule has 2 aromatic carbocycles. The van der Waals surface area contributed by atoms with Crippen molar-refractivity contribution >= 4 is 5.69 Å². The molecule has 0 radical (unpaired) electrons. The summed E-state index contributed by atoms with van der Waals surface area (Å²) in [6.45, 7) is 5.64. The summed E-state index contributed by atoms with van der Waals surface area (Å²) in [5.41, 5.74) is 9.95. The van der Waals surface area contributed by atoms with Crippen molar-refractivity contribution in [2.45, 2.75) is 20.5 Å². The first-order chi connectivity index (χ1) is 10.1. The van der Waals surface area contributed by atoms with Crippen LogP contribution >= 0.6 is 0 Å². The zero-order chi connectivity index (χ0) is 14.8. The summed E-state index contributed by atoms with van der Waals surface area (Å²) in [6, 6.07) is 9.82. The van der Waals surface area contributed by atoms with Crippen molar-refractivity contribution in [2.75, 3.05) is 18.9 Å². The normalized spacial score (nSPS) is 13.0. The summed E-state index contributed by atoms with van der Waals surface area (Å²) < 4.78 is 17.0. The third-order valence-corrected chi connectivity index (χ3v) is 3.52. The van der Waals surface area contributed by atoms with Gasteiger partial charge in [0, 0.05) is 17.3 Å². The molecule has 3 rings (SSSR count). The Balaban J connectivity index is 1.78. The zero-order valence-corrected chi connectivity index (χ0v) is 12.3. The molecule has 4 heteroatoms. The van der Waals surface area contributed by atoms with Crippen LogP contribution in [0.15, 0.2) is 30.3 Å². The fraction of sp³-hybridized carbons (Fsp3) is 0.294.